The van der Waals surface area contributed by atoms with Crippen LogP contribution in [0.3, 0.4) is 0 Å². The van der Waals surface area contributed by atoms with Crippen LogP contribution in [-0.2, 0) is 23.1 Å². The Labute approximate surface area is 188 Å². The largest absolute Gasteiger partial charge is 0.497 e. The average molecular weight is 455 g/mol. The molecule has 0 aliphatic carbocycles. The Balaban J connectivity index is 1.74. The van der Waals surface area contributed by atoms with Crippen LogP contribution < -0.4 is 19.5 Å². The monoisotopic (exact) mass is 454 g/mol. The summed E-state index contributed by atoms with van der Waals surface area (Å²) >= 11 is 0. The standard InChI is InChI=1S/C24H26N2O5S/c1-17-9-10-22(32(28,29)26-16-18-7-5-4-6-8-18)14-23(17)24(27)25-15-19-11-20(30-2)13-21(12-19)31-3/h4-14,26H,15-16H2,1-3H3,(H,25,27). The van der Waals surface area contributed by atoms with Crippen molar-refractivity contribution in [3.8, 4) is 11.5 Å². The molecule has 8 heteroatoms. The number of benzene rings is 3. The van der Waals surface area contributed by atoms with Gasteiger partial charge in [0.1, 0.15) is 11.5 Å². The van der Waals surface area contributed by atoms with Crippen molar-refractivity contribution in [2.45, 2.75) is 24.9 Å². The van der Waals surface area contributed by atoms with Gasteiger partial charge in [0, 0.05) is 24.7 Å². The topological polar surface area (TPSA) is 93.7 Å². The first-order valence-corrected chi connectivity index (χ1v) is 11.4. The third-order valence-electron chi connectivity index (χ3n) is 4.94. The fourth-order valence-electron chi connectivity index (χ4n) is 3.12. The van der Waals surface area contributed by atoms with Gasteiger partial charge in [0.05, 0.1) is 19.1 Å². The summed E-state index contributed by atoms with van der Waals surface area (Å²) < 4.78 is 38.6. The van der Waals surface area contributed by atoms with E-state index in [0.717, 1.165) is 11.1 Å². The van der Waals surface area contributed by atoms with Crippen LogP contribution in [0.25, 0.3) is 0 Å². The third-order valence-corrected chi connectivity index (χ3v) is 6.34. The van der Waals surface area contributed by atoms with Gasteiger partial charge in [-0.05, 0) is 47.9 Å². The van der Waals surface area contributed by atoms with Crippen molar-refractivity contribution in [2.24, 2.45) is 0 Å². The van der Waals surface area contributed by atoms with Crippen molar-refractivity contribution >= 4 is 15.9 Å². The van der Waals surface area contributed by atoms with Gasteiger partial charge >= 0.3 is 0 Å². The lowest BCUT2D eigenvalue weighted by molar-refractivity contribution is 0.0950. The fraction of sp³-hybridized carbons (Fsp3) is 0.208. The minimum absolute atomic E-state index is 0.0345. The molecule has 168 valence electrons. The summed E-state index contributed by atoms with van der Waals surface area (Å²) in [6, 6.07) is 19.1. The second-order valence-electron chi connectivity index (χ2n) is 7.19. The first-order valence-electron chi connectivity index (χ1n) is 9.97. The van der Waals surface area contributed by atoms with E-state index in [2.05, 4.69) is 10.0 Å². The van der Waals surface area contributed by atoms with Crippen LogP contribution in [0, 0.1) is 6.92 Å². The Morgan fingerprint density at radius 3 is 2.12 bits per heavy atom. The number of sulfonamides is 1. The van der Waals surface area contributed by atoms with Crippen molar-refractivity contribution in [3.05, 3.63) is 89.0 Å². The van der Waals surface area contributed by atoms with Gasteiger partial charge in [0.25, 0.3) is 5.91 Å². The number of ether oxygens (including phenoxy) is 2. The van der Waals surface area contributed by atoms with E-state index < -0.39 is 10.0 Å². The van der Waals surface area contributed by atoms with Crippen molar-refractivity contribution in [1.82, 2.24) is 10.0 Å². The predicted molar refractivity (Wildman–Crippen MR) is 122 cm³/mol. The van der Waals surface area contributed by atoms with Crippen molar-refractivity contribution in [3.63, 3.8) is 0 Å². The average Bonchev–Trinajstić information content (AvgIpc) is 2.81. The molecule has 0 radical (unpaired) electrons. The Morgan fingerprint density at radius 2 is 1.50 bits per heavy atom. The molecule has 0 atom stereocenters. The van der Waals surface area contributed by atoms with Crippen LogP contribution in [0.4, 0.5) is 0 Å². The molecule has 0 aliphatic heterocycles. The van der Waals surface area contributed by atoms with Gasteiger partial charge in [-0.25, -0.2) is 13.1 Å². The van der Waals surface area contributed by atoms with Gasteiger partial charge in [-0.15, -0.1) is 0 Å². The number of carbonyl (C=O) groups is 1. The second kappa shape index (κ2) is 10.3. The molecule has 0 fully saturated rings. The SMILES string of the molecule is COc1cc(CNC(=O)c2cc(S(=O)(=O)NCc3ccccc3)ccc2C)cc(OC)c1. The molecule has 0 bridgehead atoms. The molecule has 3 aromatic carbocycles. The van der Waals surface area contributed by atoms with Gasteiger partial charge in [-0.2, -0.15) is 0 Å². The lowest BCUT2D eigenvalue weighted by Gasteiger charge is -2.12. The number of aryl methyl sites for hydroxylation is 1. The highest BCUT2D eigenvalue weighted by atomic mass is 32.2. The fourth-order valence-corrected chi connectivity index (χ4v) is 4.16. The van der Waals surface area contributed by atoms with Crippen LogP contribution >= 0.6 is 0 Å². The van der Waals surface area contributed by atoms with Crippen LogP contribution in [0.15, 0.2) is 71.6 Å². The zero-order valence-electron chi connectivity index (χ0n) is 18.2. The zero-order valence-corrected chi connectivity index (χ0v) is 19.0. The maximum Gasteiger partial charge on any atom is 0.251 e. The van der Waals surface area contributed by atoms with Gasteiger partial charge in [-0.1, -0.05) is 36.4 Å². The summed E-state index contributed by atoms with van der Waals surface area (Å²) in [4.78, 5) is 12.9. The summed E-state index contributed by atoms with van der Waals surface area (Å²) in [6.45, 7) is 2.16. The lowest BCUT2D eigenvalue weighted by Crippen LogP contribution is -2.26. The highest BCUT2D eigenvalue weighted by Crippen LogP contribution is 2.23. The maximum absolute atomic E-state index is 12.8. The van der Waals surface area contributed by atoms with Crippen LogP contribution in [0.5, 0.6) is 11.5 Å². The molecule has 2 N–H and O–H groups in total. The summed E-state index contributed by atoms with van der Waals surface area (Å²) in [5, 5.41) is 2.83. The summed E-state index contributed by atoms with van der Waals surface area (Å²) in [7, 11) is -0.672. The van der Waals surface area contributed by atoms with Crippen molar-refractivity contribution in [1.29, 1.82) is 0 Å². The molecule has 0 saturated carbocycles. The van der Waals surface area contributed by atoms with Crippen molar-refractivity contribution < 1.29 is 22.7 Å². The molecular formula is C24H26N2O5S. The van der Waals surface area contributed by atoms with E-state index >= 15 is 0 Å². The van der Waals surface area contributed by atoms with Crippen LogP contribution in [0.2, 0.25) is 0 Å². The van der Waals surface area contributed by atoms with Gasteiger partial charge in [0.2, 0.25) is 10.0 Å². The van der Waals surface area contributed by atoms with E-state index in [1.807, 2.05) is 30.3 Å². The maximum atomic E-state index is 12.8. The molecule has 0 heterocycles. The lowest BCUT2D eigenvalue weighted by atomic mass is 10.1. The quantitative estimate of drug-likeness (QED) is 0.517. The molecule has 1 amide bonds. The smallest absolute Gasteiger partial charge is 0.251 e. The first-order chi connectivity index (χ1) is 15.3. The van der Waals surface area contributed by atoms with Gasteiger partial charge < -0.3 is 14.8 Å². The molecule has 0 saturated heterocycles. The summed E-state index contributed by atoms with van der Waals surface area (Å²) in [5.41, 5.74) is 2.60. The number of nitrogens with one attached hydrogen (secondary N) is 2. The molecule has 32 heavy (non-hydrogen) atoms. The minimum atomic E-state index is -3.78. The number of rotatable bonds is 9. The predicted octanol–water partition coefficient (Wildman–Crippen LogP) is 3.42. The number of hydrogen-bond acceptors (Lipinski definition) is 5. The Hall–Kier alpha value is -3.36. The Kier molecular flexibility index (Phi) is 7.50. The van der Waals surface area contributed by atoms with E-state index in [0.29, 0.717) is 22.6 Å². The molecule has 3 aromatic rings. The highest BCUT2D eigenvalue weighted by molar-refractivity contribution is 7.89. The number of methoxy groups -OCH3 is 2. The van der Waals surface area contributed by atoms with Gasteiger partial charge in [-0.3, -0.25) is 4.79 Å². The van der Waals surface area contributed by atoms with Crippen LogP contribution in [0.1, 0.15) is 27.0 Å². The zero-order chi connectivity index (χ0) is 23.1. The highest BCUT2D eigenvalue weighted by Gasteiger charge is 2.18. The number of amides is 1. The number of hydrogen-bond donors (Lipinski definition) is 2. The molecule has 0 aromatic heterocycles. The second-order valence-corrected chi connectivity index (χ2v) is 8.96. The van der Waals surface area contributed by atoms with E-state index in [1.54, 1.807) is 45.4 Å². The molecular weight excluding hydrogens is 428 g/mol. The van der Waals surface area contributed by atoms with Crippen LogP contribution in [-0.4, -0.2) is 28.5 Å². The normalized spacial score (nSPS) is 11.1. The molecule has 0 aliphatic rings. The van der Waals surface area contributed by atoms with Crippen molar-refractivity contribution in [2.75, 3.05) is 14.2 Å². The third kappa shape index (κ3) is 5.87. The summed E-state index contributed by atoms with van der Waals surface area (Å²) in [6.07, 6.45) is 0. The Morgan fingerprint density at radius 1 is 0.844 bits per heavy atom. The molecule has 3 rings (SSSR count). The number of carbonyl (C=O) groups excluding carboxylic acids is 1. The summed E-state index contributed by atoms with van der Waals surface area (Å²) in [5.74, 6) is 0.856. The van der Waals surface area contributed by atoms with Gasteiger partial charge in [0.15, 0.2) is 0 Å². The minimum Gasteiger partial charge on any atom is -0.497 e. The van der Waals surface area contributed by atoms with E-state index in [9.17, 15) is 13.2 Å². The van der Waals surface area contributed by atoms with E-state index in [4.69, 9.17) is 9.47 Å². The van der Waals surface area contributed by atoms with E-state index in [1.165, 1.54) is 12.1 Å². The first kappa shape index (κ1) is 23.3. The molecule has 0 unspecified atom stereocenters. The van der Waals surface area contributed by atoms with E-state index in [-0.39, 0.29) is 23.9 Å². The molecule has 0 spiro atoms. The molecule has 7 nitrogen and oxygen atoms in total. The Bertz CT molecular complexity index is 1170.